The first-order valence-corrected chi connectivity index (χ1v) is 8.78. The SMILES string of the molecule is C[C@@H](N)Cn1nc2ncnc(N)c2c1-c1ccc(Oc2ccccc2)cc1F. The number of hydrogen-bond donors (Lipinski definition) is 2. The number of benzene rings is 2. The zero-order valence-corrected chi connectivity index (χ0v) is 15.2. The van der Waals surface area contributed by atoms with E-state index in [1.165, 1.54) is 12.4 Å². The first-order valence-electron chi connectivity index (χ1n) is 8.78. The van der Waals surface area contributed by atoms with Crippen LogP contribution in [0, 0.1) is 5.82 Å². The second-order valence-electron chi connectivity index (χ2n) is 6.52. The monoisotopic (exact) mass is 378 g/mol. The molecule has 0 fully saturated rings. The van der Waals surface area contributed by atoms with E-state index >= 15 is 4.39 Å². The highest BCUT2D eigenvalue weighted by Crippen LogP contribution is 2.34. The third-order valence-electron chi connectivity index (χ3n) is 4.20. The van der Waals surface area contributed by atoms with Crippen LogP contribution in [0.1, 0.15) is 6.92 Å². The molecule has 0 spiro atoms. The summed E-state index contributed by atoms with van der Waals surface area (Å²) in [4.78, 5) is 8.17. The Bertz CT molecular complexity index is 1130. The van der Waals surface area contributed by atoms with Crippen molar-refractivity contribution in [1.82, 2.24) is 19.7 Å². The van der Waals surface area contributed by atoms with Gasteiger partial charge in [-0.2, -0.15) is 5.10 Å². The van der Waals surface area contributed by atoms with Gasteiger partial charge in [-0.15, -0.1) is 0 Å². The minimum atomic E-state index is -0.468. The molecule has 2 heterocycles. The average molecular weight is 378 g/mol. The Labute approximate surface area is 160 Å². The molecule has 4 N–H and O–H groups in total. The molecule has 0 aliphatic carbocycles. The minimum absolute atomic E-state index is 0.189. The maximum absolute atomic E-state index is 15.1. The largest absolute Gasteiger partial charge is 0.457 e. The van der Waals surface area contributed by atoms with Gasteiger partial charge in [-0.3, -0.25) is 4.68 Å². The Morgan fingerprint density at radius 3 is 2.61 bits per heavy atom. The lowest BCUT2D eigenvalue weighted by molar-refractivity contribution is 0.477. The van der Waals surface area contributed by atoms with Crippen LogP contribution in [0.5, 0.6) is 11.5 Å². The molecular formula is C20H19FN6O. The molecule has 8 heteroatoms. The van der Waals surface area contributed by atoms with E-state index in [2.05, 4.69) is 15.1 Å². The van der Waals surface area contributed by atoms with Gasteiger partial charge in [0.1, 0.15) is 29.5 Å². The van der Waals surface area contributed by atoms with Gasteiger partial charge in [0.25, 0.3) is 0 Å². The van der Waals surface area contributed by atoms with E-state index in [9.17, 15) is 0 Å². The van der Waals surface area contributed by atoms with Gasteiger partial charge in [0.15, 0.2) is 5.65 Å². The number of nitrogens with zero attached hydrogens (tertiary/aromatic N) is 4. The van der Waals surface area contributed by atoms with Crippen molar-refractivity contribution >= 4 is 16.9 Å². The number of fused-ring (bicyclic) bond motifs is 1. The molecule has 2 aromatic carbocycles. The van der Waals surface area contributed by atoms with E-state index in [0.29, 0.717) is 40.3 Å². The van der Waals surface area contributed by atoms with Crippen molar-refractivity contribution in [3.63, 3.8) is 0 Å². The molecule has 0 aliphatic heterocycles. The van der Waals surface area contributed by atoms with Crippen LogP contribution in [0.15, 0.2) is 54.9 Å². The smallest absolute Gasteiger partial charge is 0.187 e. The standard InChI is InChI=1S/C20H19FN6O/c1-12(22)10-27-18(17-19(23)24-11-25-20(17)26-27)15-8-7-14(9-16(15)21)28-13-5-3-2-4-6-13/h2-9,11-12H,10,22H2,1H3,(H2,23,24,25,26)/t12-/m1/s1. The number of nitrogens with two attached hydrogens (primary N) is 2. The van der Waals surface area contributed by atoms with Gasteiger partial charge in [0.05, 0.1) is 17.6 Å². The van der Waals surface area contributed by atoms with Gasteiger partial charge in [-0.1, -0.05) is 18.2 Å². The Kier molecular flexibility index (Phi) is 4.62. The number of hydrogen-bond acceptors (Lipinski definition) is 6. The maximum Gasteiger partial charge on any atom is 0.187 e. The summed E-state index contributed by atoms with van der Waals surface area (Å²) in [7, 11) is 0. The number of aromatic nitrogens is 4. The number of anilines is 1. The van der Waals surface area contributed by atoms with Crippen LogP contribution in [0.4, 0.5) is 10.2 Å². The Balaban J connectivity index is 1.81. The van der Waals surface area contributed by atoms with Crippen LogP contribution in [0.25, 0.3) is 22.3 Å². The summed E-state index contributed by atoms with van der Waals surface area (Å²) < 4.78 is 22.4. The van der Waals surface area contributed by atoms with E-state index in [0.717, 1.165) is 0 Å². The Hall–Kier alpha value is -3.52. The summed E-state index contributed by atoms with van der Waals surface area (Å²) in [5.74, 6) is 0.781. The van der Waals surface area contributed by atoms with E-state index < -0.39 is 5.82 Å². The minimum Gasteiger partial charge on any atom is -0.457 e. The maximum atomic E-state index is 15.1. The lowest BCUT2D eigenvalue weighted by atomic mass is 10.1. The predicted octanol–water partition coefficient (Wildman–Crippen LogP) is 3.35. The Morgan fingerprint density at radius 2 is 1.89 bits per heavy atom. The summed E-state index contributed by atoms with van der Waals surface area (Å²) in [6.07, 6.45) is 1.33. The molecule has 0 aliphatic rings. The van der Waals surface area contributed by atoms with Gasteiger partial charge in [-0.25, -0.2) is 14.4 Å². The highest BCUT2D eigenvalue weighted by Gasteiger charge is 2.21. The van der Waals surface area contributed by atoms with Gasteiger partial charge in [0.2, 0.25) is 0 Å². The summed E-state index contributed by atoms with van der Waals surface area (Å²) >= 11 is 0. The molecular weight excluding hydrogens is 359 g/mol. The summed E-state index contributed by atoms with van der Waals surface area (Å²) in [5, 5.41) is 4.93. The summed E-state index contributed by atoms with van der Waals surface area (Å²) in [6, 6.07) is 13.7. The second kappa shape index (κ2) is 7.24. The third-order valence-corrected chi connectivity index (χ3v) is 4.20. The zero-order valence-electron chi connectivity index (χ0n) is 15.2. The van der Waals surface area contributed by atoms with E-state index in [1.807, 2.05) is 25.1 Å². The molecule has 0 amide bonds. The number of nitrogen functional groups attached to an aromatic ring is 1. The molecule has 7 nitrogen and oxygen atoms in total. The molecule has 0 bridgehead atoms. The molecule has 1 atom stereocenters. The van der Waals surface area contributed by atoms with Gasteiger partial charge in [0, 0.05) is 17.7 Å². The van der Waals surface area contributed by atoms with E-state index in [4.69, 9.17) is 16.2 Å². The van der Waals surface area contributed by atoms with Crippen LogP contribution < -0.4 is 16.2 Å². The van der Waals surface area contributed by atoms with Crippen molar-refractivity contribution in [3.05, 3.63) is 60.7 Å². The summed E-state index contributed by atoms with van der Waals surface area (Å²) in [6.45, 7) is 2.23. The first-order chi connectivity index (χ1) is 13.5. The molecule has 0 saturated carbocycles. The Morgan fingerprint density at radius 1 is 1.11 bits per heavy atom. The quantitative estimate of drug-likeness (QED) is 0.552. The van der Waals surface area contributed by atoms with Crippen molar-refractivity contribution < 1.29 is 9.13 Å². The highest BCUT2D eigenvalue weighted by molar-refractivity contribution is 5.98. The number of ether oxygens (including phenoxy) is 1. The van der Waals surface area contributed by atoms with Crippen molar-refractivity contribution in [2.75, 3.05) is 5.73 Å². The van der Waals surface area contributed by atoms with Crippen LogP contribution in [-0.2, 0) is 6.54 Å². The van der Waals surface area contributed by atoms with E-state index in [1.54, 1.807) is 28.9 Å². The molecule has 28 heavy (non-hydrogen) atoms. The van der Waals surface area contributed by atoms with Crippen molar-refractivity contribution in [3.8, 4) is 22.8 Å². The predicted molar refractivity (Wildman–Crippen MR) is 105 cm³/mol. The molecule has 0 unspecified atom stereocenters. The fraction of sp³-hybridized carbons (Fsp3) is 0.150. The normalized spacial score (nSPS) is 12.2. The molecule has 4 aromatic rings. The van der Waals surface area contributed by atoms with Crippen molar-refractivity contribution in [2.45, 2.75) is 19.5 Å². The summed E-state index contributed by atoms with van der Waals surface area (Å²) in [5.41, 5.74) is 13.2. The first kappa shape index (κ1) is 17.9. The van der Waals surface area contributed by atoms with Crippen LogP contribution in [0.2, 0.25) is 0 Å². The second-order valence-corrected chi connectivity index (χ2v) is 6.52. The van der Waals surface area contributed by atoms with Gasteiger partial charge >= 0.3 is 0 Å². The highest BCUT2D eigenvalue weighted by atomic mass is 19.1. The zero-order chi connectivity index (χ0) is 19.7. The number of rotatable bonds is 5. The lowest BCUT2D eigenvalue weighted by Gasteiger charge is -2.12. The van der Waals surface area contributed by atoms with Gasteiger partial charge in [-0.05, 0) is 31.2 Å². The molecule has 142 valence electrons. The van der Waals surface area contributed by atoms with Crippen LogP contribution in [0.3, 0.4) is 0 Å². The number of halogens is 1. The topological polar surface area (TPSA) is 105 Å². The lowest BCUT2D eigenvalue weighted by Crippen LogP contribution is -2.23. The fourth-order valence-electron chi connectivity index (χ4n) is 3.04. The number of para-hydroxylation sites is 1. The fourth-order valence-corrected chi connectivity index (χ4v) is 3.04. The molecule has 2 aromatic heterocycles. The third kappa shape index (κ3) is 3.37. The van der Waals surface area contributed by atoms with Crippen molar-refractivity contribution in [2.24, 2.45) is 5.73 Å². The average Bonchev–Trinajstić information content (AvgIpc) is 3.01. The van der Waals surface area contributed by atoms with Crippen LogP contribution in [-0.4, -0.2) is 25.8 Å². The van der Waals surface area contributed by atoms with E-state index in [-0.39, 0.29) is 11.9 Å². The van der Waals surface area contributed by atoms with Gasteiger partial charge < -0.3 is 16.2 Å². The van der Waals surface area contributed by atoms with Crippen molar-refractivity contribution in [1.29, 1.82) is 0 Å². The van der Waals surface area contributed by atoms with Crippen LogP contribution >= 0.6 is 0 Å². The molecule has 4 rings (SSSR count). The molecule has 0 radical (unpaired) electrons. The molecule has 0 saturated heterocycles.